The van der Waals surface area contributed by atoms with Gasteiger partial charge in [-0.3, -0.25) is 4.79 Å². The van der Waals surface area contributed by atoms with Crippen LogP contribution < -0.4 is 15.5 Å². The maximum absolute atomic E-state index is 11.7. The highest BCUT2D eigenvalue weighted by Crippen LogP contribution is 2.09. The third-order valence-electron chi connectivity index (χ3n) is 2.87. The molecule has 0 aromatic carbocycles. The van der Waals surface area contributed by atoms with E-state index in [0.29, 0.717) is 19.0 Å². The van der Waals surface area contributed by atoms with Crippen LogP contribution >= 0.6 is 0 Å². The van der Waals surface area contributed by atoms with E-state index in [2.05, 4.69) is 36.4 Å². The van der Waals surface area contributed by atoms with E-state index in [1.165, 1.54) is 0 Å². The molecular formula is C15H26N4O. The Morgan fingerprint density at radius 3 is 2.70 bits per heavy atom. The summed E-state index contributed by atoms with van der Waals surface area (Å²) in [6, 6.07) is 3.98. The Hall–Kier alpha value is -1.62. The Morgan fingerprint density at radius 1 is 1.40 bits per heavy atom. The number of amides is 1. The zero-order chi connectivity index (χ0) is 15.0. The van der Waals surface area contributed by atoms with Crippen molar-refractivity contribution in [1.82, 2.24) is 15.6 Å². The fraction of sp³-hybridized carbons (Fsp3) is 0.600. The standard InChI is InChI=1S/C15H26N4O/c1-5-16-9-13-6-7-14(17-10-13)19(4)11-15(20)18-8-12(2)3/h6-7,10,12,16H,5,8-9,11H2,1-4H3,(H,18,20). The first-order chi connectivity index (χ1) is 9.52. The van der Waals surface area contributed by atoms with Crippen molar-refractivity contribution in [1.29, 1.82) is 0 Å². The number of likely N-dealkylation sites (N-methyl/N-ethyl adjacent to an activating group) is 1. The van der Waals surface area contributed by atoms with Crippen molar-refractivity contribution in [2.75, 3.05) is 31.6 Å². The zero-order valence-electron chi connectivity index (χ0n) is 12.9. The SMILES string of the molecule is CCNCc1ccc(N(C)CC(=O)NCC(C)C)nc1. The van der Waals surface area contributed by atoms with E-state index in [1.807, 2.05) is 30.3 Å². The first-order valence-electron chi connectivity index (χ1n) is 7.16. The second-order valence-corrected chi connectivity index (χ2v) is 5.36. The number of carbonyl (C=O) groups is 1. The lowest BCUT2D eigenvalue weighted by Crippen LogP contribution is -2.37. The van der Waals surface area contributed by atoms with Gasteiger partial charge in [-0.25, -0.2) is 4.98 Å². The maximum atomic E-state index is 11.7. The van der Waals surface area contributed by atoms with Crippen LogP contribution in [0.15, 0.2) is 18.3 Å². The summed E-state index contributed by atoms with van der Waals surface area (Å²) in [7, 11) is 1.88. The molecule has 0 aliphatic heterocycles. The summed E-state index contributed by atoms with van der Waals surface area (Å²) in [6.07, 6.45) is 1.85. The Morgan fingerprint density at radius 2 is 2.15 bits per heavy atom. The summed E-state index contributed by atoms with van der Waals surface area (Å²) in [5.41, 5.74) is 1.15. The molecule has 1 rings (SSSR count). The minimum absolute atomic E-state index is 0.0275. The summed E-state index contributed by atoms with van der Waals surface area (Å²) in [4.78, 5) is 18.0. The molecule has 0 atom stereocenters. The van der Waals surface area contributed by atoms with E-state index >= 15 is 0 Å². The average Bonchev–Trinajstić information content (AvgIpc) is 2.43. The van der Waals surface area contributed by atoms with Crippen LogP contribution in [0.25, 0.3) is 0 Å². The molecule has 2 N–H and O–H groups in total. The van der Waals surface area contributed by atoms with Gasteiger partial charge in [-0.05, 0) is 24.1 Å². The van der Waals surface area contributed by atoms with Gasteiger partial charge >= 0.3 is 0 Å². The summed E-state index contributed by atoms with van der Waals surface area (Å²) >= 11 is 0. The van der Waals surface area contributed by atoms with Crippen LogP contribution in [0.3, 0.4) is 0 Å². The summed E-state index contributed by atoms with van der Waals surface area (Å²) in [5, 5.41) is 6.16. The minimum Gasteiger partial charge on any atom is -0.354 e. The molecule has 0 saturated carbocycles. The highest BCUT2D eigenvalue weighted by molar-refractivity contribution is 5.80. The molecule has 0 aliphatic carbocycles. The summed E-state index contributed by atoms with van der Waals surface area (Å²) < 4.78 is 0. The molecule has 1 aromatic rings. The molecule has 1 amide bonds. The molecule has 0 aliphatic rings. The highest BCUT2D eigenvalue weighted by atomic mass is 16.2. The molecule has 1 aromatic heterocycles. The molecule has 0 fully saturated rings. The van der Waals surface area contributed by atoms with Crippen molar-refractivity contribution < 1.29 is 4.79 Å². The molecule has 112 valence electrons. The Bertz CT molecular complexity index is 403. The van der Waals surface area contributed by atoms with Crippen molar-refractivity contribution >= 4 is 11.7 Å². The van der Waals surface area contributed by atoms with Crippen LogP contribution in [0.2, 0.25) is 0 Å². The van der Waals surface area contributed by atoms with Crippen LogP contribution in [0.1, 0.15) is 26.3 Å². The van der Waals surface area contributed by atoms with E-state index < -0.39 is 0 Å². The molecule has 0 saturated heterocycles. The number of aromatic nitrogens is 1. The van der Waals surface area contributed by atoms with Crippen LogP contribution in [-0.2, 0) is 11.3 Å². The number of pyridine rings is 1. The van der Waals surface area contributed by atoms with Crippen molar-refractivity contribution in [3.63, 3.8) is 0 Å². The quantitative estimate of drug-likeness (QED) is 0.755. The van der Waals surface area contributed by atoms with Crippen molar-refractivity contribution in [3.8, 4) is 0 Å². The van der Waals surface area contributed by atoms with Gasteiger partial charge in [0, 0.05) is 26.3 Å². The molecule has 5 heteroatoms. The van der Waals surface area contributed by atoms with Gasteiger partial charge in [-0.2, -0.15) is 0 Å². The van der Waals surface area contributed by atoms with E-state index in [9.17, 15) is 4.79 Å². The van der Waals surface area contributed by atoms with Gasteiger partial charge in [0.2, 0.25) is 5.91 Å². The minimum atomic E-state index is 0.0275. The monoisotopic (exact) mass is 278 g/mol. The highest BCUT2D eigenvalue weighted by Gasteiger charge is 2.08. The van der Waals surface area contributed by atoms with Crippen LogP contribution in [0.5, 0.6) is 0 Å². The van der Waals surface area contributed by atoms with E-state index in [4.69, 9.17) is 0 Å². The van der Waals surface area contributed by atoms with Crippen molar-refractivity contribution in [3.05, 3.63) is 23.9 Å². The summed E-state index contributed by atoms with van der Waals surface area (Å²) in [6.45, 7) is 9.03. The number of carbonyl (C=O) groups excluding carboxylic acids is 1. The number of nitrogens with one attached hydrogen (secondary N) is 2. The lowest BCUT2D eigenvalue weighted by atomic mass is 10.2. The third kappa shape index (κ3) is 6.02. The van der Waals surface area contributed by atoms with Gasteiger partial charge in [-0.15, -0.1) is 0 Å². The third-order valence-corrected chi connectivity index (χ3v) is 2.87. The number of hydrogen-bond acceptors (Lipinski definition) is 4. The topological polar surface area (TPSA) is 57.3 Å². The molecule has 5 nitrogen and oxygen atoms in total. The maximum Gasteiger partial charge on any atom is 0.239 e. The molecule has 0 spiro atoms. The van der Waals surface area contributed by atoms with Gasteiger partial charge in [0.1, 0.15) is 5.82 Å². The number of anilines is 1. The van der Waals surface area contributed by atoms with Crippen LogP contribution in [-0.4, -0.2) is 37.6 Å². The first kappa shape index (κ1) is 16.4. The fourth-order valence-corrected chi connectivity index (χ4v) is 1.69. The number of rotatable bonds is 8. The smallest absolute Gasteiger partial charge is 0.239 e. The number of nitrogens with zero attached hydrogens (tertiary/aromatic N) is 2. The Labute approximate surface area is 121 Å². The van der Waals surface area contributed by atoms with Gasteiger partial charge < -0.3 is 15.5 Å². The lowest BCUT2D eigenvalue weighted by Gasteiger charge is -2.18. The largest absolute Gasteiger partial charge is 0.354 e. The first-order valence-corrected chi connectivity index (χ1v) is 7.16. The normalized spacial score (nSPS) is 10.7. The number of hydrogen-bond donors (Lipinski definition) is 2. The van der Waals surface area contributed by atoms with Gasteiger partial charge in [0.25, 0.3) is 0 Å². The molecule has 0 bridgehead atoms. The van der Waals surface area contributed by atoms with Crippen LogP contribution in [0.4, 0.5) is 5.82 Å². The lowest BCUT2D eigenvalue weighted by molar-refractivity contribution is -0.119. The Kier molecular flexibility index (Phi) is 7.01. The average molecular weight is 278 g/mol. The molecule has 1 heterocycles. The Balaban J connectivity index is 2.46. The van der Waals surface area contributed by atoms with E-state index in [0.717, 1.165) is 24.5 Å². The van der Waals surface area contributed by atoms with Gasteiger partial charge in [-0.1, -0.05) is 26.8 Å². The van der Waals surface area contributed by atoms with Crippen LogP contribution in [0, 0.1) is 5.92 Å². The van der Waals surface area contributed by atoms with E-state index in [-0.39, 0.29) is 5.91 Å². The van der Waals surface area contributed by atoms with Crippen molar-refractivity contribution in [2.24, 2.45) is 5.92 Å². The molecule has 0 unspecified atom stereocenters. The van der Waals surface area contributed by atoms with Gasteiger partial charge in [0.15, 0.2) is 0 Å². The fourth-order valence-electron chi connectivity index (χ4n) is 1.69. The molecular weight excluding hydrogens is 252 g/mol. The van der Waals surface area contributed by atoms with Gasteiger partial charge in [0.05, 0.1) is 6.54 Å². The zero-order valence-corrected chi connectivity index (χ0v) is 12.9. The van der Waals surface area contributed by atoms with Crippen molar-refractivity contribution in [2.45, 2.75) is 27.3 Å². The predicted octanol–water partition coefficient (Wildman–Crippen LogP) is 1.40. The molecule has 20 heavy (non-hydrogen) atoms. The second-order valence-electron chi connectivity index (χ2n) is 5.36. The summed E-state index contributed by atoms with van der Waals surface area (Å²) in [5.74, 6) is 1.30. The predicted molar refractivity (Wildman–Crippen MR) is 82.7 cm³/mol. The molecule has 0 radical (unpaired) electrons. The van der Waals surface area contributed by atoms with E-state index in [1.54, 1.807) is 0 Å². The second kappa shape index (κ2) is 8.53.